The van der Waals surface area contributed by atoms with E-state index in [0.717, 1.165) is 25.7 Å². The number of nitrogens with zero attached hydrogens (tertiary/aromatic N) is 3. The third kappa shape index (κ3) is 5.21. The number of methoxy groups -OCH3 is 1. The molecule has 1 aliphatic carbocycles. The van der Waals surface area contributed by atoms with Crippen LogP contribution in [0.15, 0.2) is 0 Å². The zero-order chi connectivity index (χ0) is 21.0. The summed E-state index contributed by atoms with van der Waals surface area (Å²) in [5.74, 6) is 0.199. The van der Waals surface area contributed by atoms with Gasteiger partial charge in [-0.2, -0.15) is 0 Å². The Kier molecular flexibility index (Phi) is 7.38. The zero-order valence-electron chi connectivity index (χ0n) is 18.1. The van der Waals surface area contributed by atoms with E-state index in [4.69, 9.17) is 4.74 Å². The van der Waals surface area contributed by atoms with Crippen molar-refractivity contribution in [2.75, 3.05) is 39.9 Å². The van der Waals surface area contributed by atoms with E-state index < -0.39 is 6.04 Å². The molecule has 29 heavy (non-hydrogen) atoms. The number of ether oxygens (including phenoxy) is 1. The van der Waals surface area contributed by atoms with Crippen LogP contribution in [0.5, 0.6) is 0 Å². The maximum absolute atomic E-state index is 13.1. The summed E-state index contributed by atoms with van der Waals surface area (Å²) in [5.41, 5.74) is 0. The van der Waals surface area contributed by atoms with Crippen LogP contribution in [0.4, 0.5) is 4.79 Å². The molecule has 2 heterocycles. The Bertz CT molecular complexity index is 605. The van der Waals surface area contributed by atoms with E-state index in [1.165, 1.54) is 6.42 Å². The van der Waals surface area contributed by atoms with Crippen molar-refractivity contribution in [1.82, 2.24) is 20.0 Å². The van der Waals surface area contributed by atoms with Crippen LogP contribution in [-0.2, 0) is 14.3 Å². The molecule has 0 radical (unpaired) electrons. The van der Waals surface area contributed by atoms with Gasteiger partial charge in [0.1, 0.15) is 12.6 Å². The second kappa shape index (κ2) is 9.78. The Balaban J connectivity index is 1.65. The van der Waals surface area contributed by atoms with Crippen molar-refractivity contribution in [2.45, 2.75) is 70.5 Å². The minimum atomic E-state index is -0.454. The zero-order valence-corrected chi connectivity index (χ0v) is 18.1. The Hall–Kier alpha value is -1.83. The fourth-order valence-electron chi connectivity index (χ4n) is 4.84. The molecule has 2 atom stereocenters. The molecule has 2 saturated heterocycles. The van der Waals surface area contributed by atoms with E-state index in [1.807, 2.05) is 4.90 Å². The molecule has 0 spiro atoms. The second-order valence-corrected chi connectivity index (χ2v) is 9.05. The lowest BCUT2D eigenvalue weighted by molar-refractivity contribution is -0.143. The van der Waals surface area contributed by atoms with E-state index in [0.29, 0.717) is 38.6 Å². The molecule has 164 valence electrons. The molecule has 2 aliphatic heterocycles. The predicted molar refractivity (Wildman–Crippen MR) is 109 cm³/mol. The normalized spacial score (nSPS) is 25.7. The quantitative estimate of drug-likeness (QED) is 0.659. The minimum Gasteiger partial charge on any atom is -0.383 e. The standard InChI is InChI=1S/C21H36N4O4/c1-15(2)11-18-20(27)23(9-10-29-3)12-17-13-24(21(28)25(17)18)14-19(26)22-16-7-5-4-6-8-16/h15-18H,4-14H2,1-3H3,(H,22,26)/t17-,18+/m1/s1. The van der Waals surface area contributed by atoms with E-state index in [-0.39, 0.29) is 36.5 Å². The number of fused-ring (bicyclic) bond motifs is 1. The first-order chi connectivity index (χ1) is 13.9. The molecule has 8 heteroatoms. The van der Waals surface area contributed by atoms with Crippen LogP contribution in [0.3, 0.4) is 0 Å². The third-order valence-electron chi connectivity index (χ3n) is 6.24. The molecule has 1 saturated carbocycles. The van der Waals surface area contributed by atoms with Crippen molar-refractivity contribution in [2.24, 2.45) is 5.92 Å². The van der Waals surface area contributed by atoms with Gasteiger partial charge in [0.15, 0.2) is 0 Å². The van der Waals surface area contributed by atoms with Gasteiger partial charge in [0.2, 0.25) is 11.8 Å². The average Bonchev–Trinajstić information content (AvgIpc) is 2.98. The second-order valence-electron chi connectivity index (χ2n) is 9.05. The molecule has 3 fully saturated rings. The van der Waals surface area contributed by atoms with Crippen molar-refractivity contribution in [3.63, 3.8) is 0 Å². The van der Waals surface area contributed by atoms with Crippen LogP contribution in [0, 0.1) is 5.92 Å². The molecular weight excluding hydrogens is 372 g/mol. The number of piperazine rings is 1. The Morgan fingerprint density at radius 1 is 1.14 bits per heavy atom. The summed E-state index contributed by atoms with van der Waals surface area (Å²) in [6.45, 7) is 6.20. The van der Waals surface area contributed by atoms with Gasteiger partial charge < -0.3 is 24.8 Å². The van der Waals surface area contributed by atoms with Crippen LogP contribution < -0.4 is 5.32 Å². The summed E-state index contributed by atoms with van der Waals surface area (Å²) >= 11 is 0. The summed E-state index contributed by atoms with van der Waals surface area (Å²) < 4.78 is 5.15. The Labute approximate surface area is 173 Å². The first kappa shape index (κ1) is 21.9. The molecular formula is C21H36N4O4. The van der Waals surface area contributed by atoms with Crippen molar-refractivity contribution in [3.8, 4) is 0 Å². The van der Waals surface area contributed by atoms with Crippen molar-refractivity contribution in [3.05, 3.63) is 0 Å². The lowest BCUT2D eigenvalue weighted by Crippen LogP contribution is -2.61. The van der Waals surface area contributed by atoms with Gasteiger partial charge in [-0.15, -0.1) is 0 Å². The van der Waals surface area contributed by atoms with E-state index >= 15 is 0 Å². The Morgan fingerprint density at radius 2 is 1.83 bits per heavy atom. The SMILES string of the molecule is COCCN1C[C@@H]2CN(CC(=O)NC3CCCCC3)C(=O)N2[C@@H](CC(C)C)C1=O. The van der Waals surface area contributed by atoms with Gasteiger partial charge in [0, 0.05) is 32.8 Å². The predicted octanol–water partition coefficient (Wildman–Crippen LogP) is 1.44. The first-order valence-electron chi connectivity index (χ1n) is 11.0. The lowest BCUT2D eigenvalue weighted by atomic mass is 9.95. The number of carbonyl (C=O) groups excluding carboxylic acids is 3. The van der Waals surface area contributed by atoms with Gasteiger partial charge in [-0.25, -0.2) is 4.79 Å². The van der Waals surface area contributed by atoms with Crippen LogP contribution >= 0.6 is 0 Å². The molecule has 3 rings (SSSR count). The number of hydrogen-bond donors (Lipinski definition) is 1. The topological polar surface area (TPSA) is 82.2 Å². The molecule has 0 aromatic heterocycles. The van der Waals surface area contributed by atoms with Gasteiger partial charge in [0.25, 0.3) is 0 Å². The summed E-state index contributed by atoms with van der Waals surface area (Å²) in [6, 6.07) is -0.469. The summed E-state index contributed by atoms with van der Waals surface area (Å²) in [4.78, 5) is 43.8. The number of urea groups is 1. The number of carbonyl (C=O) groups is 3. The fourth-order valence-corrected chi connectivity index (χ4v) is 4.84. The number of nitrogens with one attached hydrogen (secondary N) is 1. The Morgan fingerprint density at radius 3 is 2.48 bits per heavy atom. The maximum Gasteiger partial charge on any atom is 0.321 e. The molecule has 0 unspecified atom stereocenters. The van der Waals surface area contributed by atoms with Gasteiger partial charge in [-0.1, -0.05) is 33.1 Å². The van der Waals surface area contributed by atoms with Gasteiger partial charge >= 0.3 is 6.03 Å². The monoisotopic (exact) mass is 408 g/mol. The van der Waals surface area contributed by atoms with Crippen molar-refractivity contribution >= 4 is 17.8 Å². The molecule has 0 aromatic carbocycles. The fraction of sp³-hybridized carbons (Fsp3) is 0.857. The number of amides is 4. The van der Waals surface area contributed by atoms with Crippen LogP contribution in [0.2, 0.25) is 0 Å². The highest BCUT2D eigenvalue weighted by Crippen LogP contribution is 2.29. The number of hydrogen-bond acceptors (Lipinski definition) is 4. The number of rotatable bonds is 8. The third-order valence-corrected chi connectivity index (χ3v) is 6.24. The highest BCUT2D eigenvalue weighted by molar-refractivity contribution is 5.92. The van der Waals surface area contributed by atoms with Crippen LogP contribution in [0.25, 0.3) is 0 Å². The van der Waals surface area contributed by atoms with Gasteiger partial charge in [0.05, 0.1) is 12.6 Å². The first-order valence-corrected chi connectivity index (χ1v) is 11.0. The van der Waals surface area contributed by atoms with Crippen molar-refractivity contribution in [1.29, 1.82) is 0 Å². The van der Waals surface area contributed by atoms with E-state index in [2.05, 4.69) is 19.2 Å². The largest absolute Gasteiger partial charge is 0.383 e. The molecule has 0 aromatic rings. The van der Waals surface area contributed by atoms with Crippen LogP contribution in [0.1, 0.15) is 52.4 Å². The summed E-state index contributed by atoms with van der Waals surface area (Å²) in [6.07, 6.45) is 6.21. The summed E-state index contributed by atoms with van der Waals surface area (Å²) in [5, 5.41) is 3.09. The molecule has 3 aliphatic rings. The molecule has 1 N–H and O–H groups in total. The van der Waals surface area contributed by atoms with Crippen LogP contribution in [-0.4, -0.2) is 90.6 Å². The minimum absolute atomic E-state index is 0.00569. The van der Waals surface area contributed by atoms with Crippen molar-refractivity contribution < 1.29 is 19.1 Å². The lowest BCUT2D eigenvalue weighted by Gasteiger charge is -2.42. The highest BCUT2D eigenvalue weighted by Gasteiger charge is 2.49. The average molecular weight is 409 g/mol. The smallest absolute Gasteiger partial charge is 0.321 e. The maximum atomic E-state index is 13.1. The summed E-state index contributed by atoms with van der Waals surface area (Å²) in [7, 11) is 1.62. The molecule has 4 amide bonds. The highest BCUT2D eigenvalue weighted by atomic mass is 16.5. The molecule has 0 bridgehead atoms. The molecule has 8 nitrogen and oxygen atoms in total. The van der Waals surface area contributed by atoms with Gasteiger partial charge in [-0.05, 0) is 25.2 Å². The van der Waals surface area contributed by atoms with E-state index in [9.17, 15) is 14.4 Å². The van der Waals surface area contributed by atoms with Gasteiger partial charge in [-0.3, -0.25) is 9.59 Å². The van der Waals surface area contributed by atoms with E-state index in [1.54, 1.807) is 16.9 Å².